The van der Waals surface area contributed by atoms with Crippen molar-refractivity contribution in [2.75, 3.05) is 11.4 Å². The number of nitrogens with one attached hydrogen (secondary N) is 1. The number of nitrogens with zero attached hydrogens (tertiary/aromatic N) is 2. The summed E-state index contributed by atoms with van der Waals surface area (Å²) < 4.78 is 11.8. The van der Waals surface area contributed by atoms with Gasteiger partial charge >= 0.3 is 0 Å². The lowest BCUT2D eigenvalue weighted by Gasteiger charge is -2.34. The summed E-state index contributed by atoms with van der Waals surface area (Å²) in [5, 5.41) is 4.95. The van der Waals surface area contributed by atoms with Gasteiger partial charge in [-0.2, -0.15) is 0 Å². The van der Waals surface area contributed by atoms with E-state index < -0.39 is 6.10 Å². The van der Waals surface area contributed by atoms with E-state index in [-0.39, 0.29) is 24.4 Å². The standard InChI is InChI=1S/C25H27N3O4S/c1-3-18(4-2)27-24(29)23-13-28(21-10-5-6-11-22(21)32-23)25(30)17-8-7-9-20(12-17)31-14-19-15-33-16-26-19/h5-12,15-16,18,23H,3-4,13-14H2,1-2H3,(H,27,29). The highest BCUT2D eigenvalue weighted by Gasteiger charge is 2.34. The first-order valence-corrected chi connectivity index (χ1v) is 12.0. The van der Waals surface area contributed by atoms with Gasteiger partial charge in [0.1, 0.15) is 18.1 Å². The third kappa shape index (κ3) is 5.34. The van der Waals surface area contributed by atoms with E-state index >= 15 is 0 Å². The fourth-order valence-electron chi connectivity index (χ4n) is 3.69. The number of para-hydroxylation sites is 2. The van der Waals surface area contributed by atoms with Gasteiger partial charge in [-0.3, -0.25) is 9.59 Å². The summed E-state index contributed by atoms with van der Waals surface area (Å²) in [6, 6.07) is 14.4. The lowest BCUT2D eigenvalue weighted by molar-refractivity contribution is -0.128. The van der Waals surface area contributed by atoms with Crippen molar-refractivity contribution in [2.45, 2.75) is 45.4 Å². The molecule has 1 atom stereocenters. The molecule has 1 aliphatic heterocycles. The first-order valence-electron chi connectivity index (χ1n) is 11.1. The van der Waals surface area contributed by atoms with Gasteiger partial charge in [0.05, 0.1) is 23.4 Å². The number of rotatable bonds is 8. The molecule has 1 N–H and O–H groups in total. The lowest BCUT2D eigenvalue weighted by atomic mass is 10.1. The van der Waals surface area contributed by atoms with Crippen molar-refractivity contribution in [1.29, 1.82) is 0 Å². The molecule has 1 unspecified atom stereocenters. The molecule has 3 aromatic rings. The minimum atomic E-state index is -0.784. The molecule has 0 radical (unpaired) electrons. The monoisotopic (exact) mass is 465 g/mol. The molecule has 0 saturated carbocycles. The Morgan fingerprint density at radius 2 is 2.03 bits per heavy atom. The number of carbonyl (C=O) groups excluding carboxylic acids is 2. The van der Waals surface area contributed by atoms with Crippen LogP contribution in [0.5, 0.6) is 11.5 Å². The lowest BCUT2D eigenvalue weighted by Crippen LogP contribution is -2.52. The second kappa shape index (κ2) is 10.5. The molecule has 1 aliphatic rings. The number of hydrogen-bond acceptors (Lipinski definition) is 6. The van der Waals surface area contributed by atoms with Gasteiger partial charge < -0.3 is 19.7 Å². The first-order chi connectivity index (χ1) is 16.1. The van der Waals surface area contributed by atoms with Crippen LogP contribution >= 0.6 is 11.3 Å². The minimum Gasteiger partial charge on any atom is -0.487 e. The maximum Gasteiger partial charge on any atom is 0.263 e. The Bertz CT molecular complexity index is 1100. The molecule has 2 amide bonds. The van der Waals surface area contributed by atoms with Crippen LogP contribution in [-0.2, 0) is 11.4 Å². The number of thiazole rings is 1. The summed E-state index contributed by atoms with van der Waals surface area (Å²) in [7, 11) is 0. The van der Waals surface area contributed by atoms with E-state index in [1.807, 2.05) is 43.5 Å². The second-order valence-corrected chi connectivity index (χ2v) is 8.53. The minimum absolute atomic E-state index is 0.0777. The number of ether oxygens (including phenoxy) is 2. The number of benzene rings is 2. The van der Waals surface area contributed by atoms with Crippen LogP contribution < -0.4 is 19.7 Å². The maximum absolute atomic E-state index is 13.5. The van der Waals surface area contributed by atoms with Gasteiger partial charge in [-0.25, -0.2) is 4.98 Å². The molecule has 2 aromatic carbocycles. The van der Waals surface area contributed by atoms with Crippen molar-refractivity contribution in [3.05, 3.63) is 70.7 Å². The molecule has 172 valence electrons. The highest BCUT2D eigenvalue weighted by atomic mass is 32.1. The molecule has 0 spiro atoms. The van der Waals surface area contributed by atoms with Crippen LogP contribution in [-0.4, -0.2) is 35.5 Å². The topological polar surface area (TPSA) is 80.8 Å². The number of amides is 2. The van der Waals surface area contributed by atoms with Crippen molar-refractivity contribution < 1.29 is 19.1 Å². The van der Waals surface area contributed by atoms with Gasteiger partial charge in [-0.15, -0.1) is 11.3 Å². The molecule has 4 rings (SSSR count). The van der Waals surface area contributed by atoms with E-state index in [4.69, 9.17) is 9.47 Å². The van der Waals surface area contributed by atoms with Gasteiger partial charge in [-0.1, -0.05) is 32.0 Å². The normalized spacial score (nSPS) is 15.0. The van der Waals surface area contributed by atoms with Crippen molar-refractivity contribution in [3.63, 3.8) is 0 Å². The largest absolute Gasteiger partial charge is 0.487 e. The van der Waals surface area contributed by atoms with Gasteiger partial charge in [0.25, 0.3) is 11.8 Å². The molecule has 0 bridgehead atoms. The number of carbonyl (C=O) groups is 2. The van der Waals surface area contributed by atoms with Crippen LogP contribution in [0, 0.1) is 0 Å². The van der Waals surface area contributed by atoms with E-state index in [1.165, 1.54) is 11.3 Å². The fraction of sp³-hybridized carbons (Fsp3) is 0.320. The Morgan fingerprint density at radius 3 is 2.79 bits per heavy atom. The third-order valence-corrected chi connectivity index (χ3v) is 6.23. The molecule has 0 aliphatic carbocycles. The summed E-state index contributed by atoms with van der Waals surface area (Å²) in [6.45, 7) is 4.53. The third-order valence-electron chi connectivity index (χ3n) is 5.59. The Hall–Kier alpha value is -3.39. The van der Waals surface area contributed by atoms with Gasteiger partial charge in [0.2, 0.25) is 0 Å². The zero-order valence-electron chi connectivity index (χ0n) is 18.7. The quantitative estimate of drug-likeness (QED) is 0.532. The van der Waals surface area contributed by atoms with E-state index in [9.17, 15) is 9.59 Å². The van der Waals surface area contributed by atoms with E-state index in [0.29, 0.717) is 29.4 Å². The van der Waals surface area contributed by atoms with Crippen LogP contribution in [0.4, 0.5) is 5.69 Å². The number of hydrogen-bond donors (Lipinski definition) is 1. The van der Waals surface area contributed by atoms with Crippen molar-refractivity contribution in [2.24, 2.45) is 0 Å². The molecular weight excluding hydrogens is 438 g/mol. The van der Waals surface area contributed by atoms with E-state index in [2.05, 4.69) is 10.3 Å². The summed E-state index contributed by atoms with van der Waals surface area (Å²) in [5.74, 6) is 0.665. The van der Waals surface area contributed by atoms with Gasteiger partial charge in [0, 0.05) is 17.0 Å². The Labute approximate surface area is 197 Å². The predicted molar refractivity (Wildman–Crippen MR) is 128 cm³/mol. The molecule has 0 saturated heterocycles. The zero-order valence-corrected chi connectivity index (χ0v) is 19.5. The van der Waals surface area contributed by atoms with Crippen LogP contribution in [0.3, 0.4) is 0 Å². The molecule has 2 heterocycles. The average Bonchev–Trinajstić information content (AvgIpc) is 3.38. The molecule has 8 heteroatoms. The Morgan fingerprint density at radius 1 is 1.21 bits per heavy atom. The Balaban J connectivity index is 1.54. The van der Waals surface area contributed by atoms with E-state index in [1.54, 1.807) is 34.7 Å². The smallest absolute Gasteiger partial charge is 0.263 e. The number of fused-ring (bicyclic) bond motifs is 1. The second-order valence-electron chi connectivity index (χ2n) is 7.81. The van der Waals surface area contributed by atoms with E-state index in [0.717, 1.165) is 18.5 Å². The average molecular weight is 466 g/mol. The van der Waals surface area contributed by atoms with Crippen molar-refractivity contribution in [3.8, 4) is 11.5 Å². The van der Waals surface area contributed by atoms with Gasteiger partial charge in [-0.05, 0) is 43.2 Å². The first kappa shape index (κ1) is 22.8. The summed E-state index contributed by atoms with van der Waals surface area (Å²) in [4.78, 5) is 32.2. The summed E-state index contributed by atoms with van der Waals surface area (Å²) in [5.41, 5.74) is 3.71. The van der Waals surface area contributed by atoms with Crippen molar-refractivity contribution >= 4 is 28.8 Å². The highest BCUT2D eigenvalue weighted by molar-refractivity contribution is 7.07. The van der Waals surface area contributed by atoms with Crippen LogP contribution in [0.15, 0.2) is 59.4 Å². The van der Waals surface area contributed by atoms with Crippen LogP contribution in [0.2, 0.25) is 0 Å². The summed E-state index contributed by atoms with van der Waals surface area (Å²) >= 11 is 1.51. The fourth-order valence-corrected chi connectivity index (χ4v) is 4.23. The summed E-state index contributed by atoms with van der Waals surface area (Å²) in [6.07, 6.45) is 0.887. The molecule has 0 fully saturated rings. The van der Waals surface area contributed by atoms with Crippen LogP contribution in [0.1, 0.15) is 42.7 Å². The number of anilines is 1. The molecular formula is C25H27N3O4S. The molecule has 7 nitrogen and oxygen atoms in total. The Kier molecular flexibility index (Phi) is 7.24. The molecule has 33 heavy (non-hydrogen) atoms. The maximum atomic E-state index is 13.5. The molecule has 1 aromatic heterocycles. The van der Waals surface area contributed by atoms with Crippen LogP contribution in [0.25, 0.3) is 0 Å². The SMILES string of the molecule is CCC(CC)NC(=O)C1CN(C(=O)c2cccc(OCc3cscn3)c2)c2ccccc2O1. The van der Waals surface area contributed by atoms with Gasteiger partial charge in [0.15, 0.2) is 6.10 Å². The highest BCUT2D eigenvalue weighted by Crippen LogP contribution is 2.34. The zero-order chi connectivity index (χ0) is 23.2. The number of aromatic nitrogens is 1. The van der Waals surface area contributed by atoms with Crippen molar-refractivity contribution in [1.82, 2.24) is 10.3 Å². The predicted octanol–water partition coefficient (Wildman–Crippen LogP) is 4.43.